The van der Waals surface area contributed by atoms with Crippen molar-refractivity contribution in [3.63, 3.8) is 0 Å². The Labute approximate surface area is 760 Å². The van der Waals surface area contributed by atoms with E-state index in [9.17, 15) is 19.2 Å². The number of aliphatic imine (C=N–C) groups is 1. The predicted molar refractivity (Wildman–Crippen MR) is 510 cm³/mol. The van der Waals surface area contributed by atoms with Crippen LogP contribution in [0, 0.1) is 0 Å². The van der Waals surface area contributed by atoms with Crippen LogP contribution >= 0.6 is 99.3 Å². The molecule has 27 nitrogen and oxygen atoms in total. The van der Waals surface area contributed by atoms with E-state index in [1.165, 1.54) is 0 Å². The molecule has 7 aromatic carbocycles. The molecular weight excluding hydrogens is 1740 g/mol. The molecule has 22 rings (SSSR count). The molecule has 3 aliphatic rings. The summed E-state index contributed by atoms with van der Waals surface area (Å²) >= 11 is 25.2. The number of hydrogen-bond donors (Lipinski definition) is 1. The molecule has 2 N–H and O–H groups in total. The van der Waals surface area contributed by atoms with Crippen LogP contribution in [0.1, 0.15) is 89.3 Å². The van der Waals surface area contributed by atoms with Crippen LogP contribution < -0.4 is 37.1 Å². The number of para-hydroxylation sites is 3. The van der Waals surface area contributed by atoms with E-state index in [1.54, 1.807) is 77.6 Å². The Bertz CT molecular complexity index is 7000. The zero-order chi connectivity index (χ0) is 81.6. The van der Waals surface area contributed by atoms with Crippen LogP contribution in [0.3, 0.4) is 0 Å². The van der Waals surface area contributed by atoms with Crippen LogP contribution in [0.4, 0.5) is 29.4 Å². The van der Waals surface area contributed by atoms with Crippen LogP contribution in [0.15, 0.2) is 323 Å². The minimum Gasteiger partial charge on any atom is -0.366 e. The highest BCUT2D eigenvalue weighted by atomic mass is 35.5. The first kappa shape index (κ1) is 88.0. The highest BCUT2D eigenvalue weighted by Gasteiger charge is 2.40. The number of ketones is 1. The Morgan fingerprint density at radius 2 is 0.648 bits per heavy atom. The van der Waals surface area contributed by atoms with Crippen molar-refractivity contribution in [1.82, 2.24) is 86.3 Å². The van der Waals surface area contributed by atoms with Gasteiger partial charge in [-0.25, -0.2) is 32.1 Å². The lowest BCUT2D eigenvalue weighted by Gasteiger charge is -2.42. The Balaban J connectivity index is 0.000000141. The minimum atomic E-state index is -0.223. The van der Waals surface area contributed by atoms with E-state index in [0.717, 1.165) is 106 Å². The van der Waals surface area contributed by atoms with E-state index in [4.69, 9.17) is 82.5 Å². The largest absolute Gasteiger partial charge is 0.366 e. The number of halogens is 5. The fraction of sp³-hybridized carbons (Fsp3) is 0.111. The number of aromatic nitrogens is 18. The summed E-state index contributed by atoms with van der Waals surface area (Å²) < 4.78 is 14.8. The van der Waals surface area contributed by atoms with Crippen LogP contribution in [0.5, 0.6) is 0 Å². The van der Waals surface area contributed by atoms with Gasteiger partial charge in [-0.3, -0.25) is 32.9 Å². The van der Waals surface area contributed by atoms with Crippen LogP contribution in [0.25, 0.3) is 50.2 Å². The average Bonchev–Trinajstić information content (AvgIpc) is 1.73. The third-order valence-electron chi connectivity index (χ3n) is 21.3. The van der Waals surface area contributed by atoms with E-state index in [2.05, 4.69) is 34.9 Å². The van der Waals surface area contributed by atoms with Crippen molar-refractivity contribution in [2.24, 2.45) is 4.99 Å². The number of nitrogens with two attached hydrogens (primary N) is 1. The lowest BCUT2D eigenvalue weighted by molar-refractivity contribution is 0.103. The lowest BCUT2D eigenvalue weighted by Crippen LogP contribution is -2.45. The second-order valence-electron chi connectivity index (χ2n) is 28.4. The molecule has 0 amide bonds. The molecule has 0 unspecified atom stereocenters. The number of fused-ring (bicyclic) bond motifs is 6. The molecule has 12 aromatic heterocycles. The third kappa shape index (κ3) is 16.8. The molecule has 0 bridgehead atoms. The lowest BCUT2D eigenvalue weighted by atomic mass is 10.0. The van der Waals surface area contributed by atoms with E-state index in [-0.39, 0.29) is 112 Å². The van der Waals surface area contributed by atoms with Gasteiger partial charge in [-0.2, -0.15) is 70.7 Å². The van der Waals surface area contributed by atoms with Crippen molar-refractivity contribution in [3.05, 3.63) is 395 Å². The van der Waals surface area contributed by atoms with Crippen LogP contribution in [-0.4, -0.2) is 117 Å². The Hall–Kier alpha value is -13.3. The predicted octanol–water partition coefficient (Wildman–Crippen LogP) is 17.1. The van der Waals surface area contributed by atoms with Gasteiger partial charge in [0, 0.05) is 79.1 Å². The molecule has 125 heavy (non-hydrogen) atoms. The molecule has 0 saturated carbocycles. The van der Waals surface area contributed by atoms with Crippen molar-refractivity contribution < 1.29 is 4.79 Å². The molecule has 35 heteroatoms. The number of carbonyl (C=O) groups is 1. The number of benzene rings is 7. The minimum absolute atomic E-state index is 0. The molecule has 19 aromatic rings. The summed E-state index contributed by atoms with van der Waals surface area (Å²) in [4.78, 5) is 78.1. The normalized spacial score (nSPS) is 14.2. The Morgan fingerprint density at radius 1 is 0.344 bits per heavy atom. The molecule has 15 heterocycles. The summed E-state index contributed by atoms with van der Waals surface area (Å²) in [5.41, 5.74) is 15.2. The summed E-state index contributed by atoms with van der Waals surface area (Å²) in [7, 11) is 0. The van der Waals surface area contributed by atoms with Gasteiger partial charge in [-0.1, -0.05) is 218 Å². The molecule has 0 aliphatic carbocycles. The summed E-state index contributed by atoms with van der Waals surface area (Å²) in [6.07, 6.45) is 13.1. The first-order chi connectivity index (χ1) is 58.8. The maximum atomic E-state index is 13.9. The quantitative estimate of drug-likeness (QED) is 0.0782. The number of hydrogen-bond acceptors (Lipinski definition) is 18. The standard InChI is InChI=1S/C34H25ClN8O.C21H15Cl2N7O.C21H17ClN8O.C13H10O.CH4.ClH.3H2S/c35-26-18-22-42-30(26)33(44)43(25-15-8-3-9-16-25)32(38-42)27-19-21-40(27)31-28-17-10-20-41(28)39-34(37-31)36-29(23-11-4-1-5-12-23)24-13-6-2-7-14-24;2*22-14-8-12-29-17(14)20(31)30(13-5-2-1-3-6-13)19(25-29)15-9-11-27(15)18-16-7-4-10-28(16)26-21(23)24-18;14-13(11-7-3-1-4-8-11)12-9-5-2-6-10-12;;;;;/h1-18,20,22,27H,19,21H2;1-8,10,12,15H,9,11H2;1-8,10,12,15H,9,11H2,(H2,23,26);1-10H;1H4;1H;3*1H2/t27-;2*15-;;;;;;/m000....../s1. The number of nitrogen functional groups attached to an aromatic ring is 1. The van der Waals surface area contributed by atoms with E-state index >= 15 is 0 Å². The fourth-order valence-electron chi connectivity index (χ4n) is 15.3. The number of carbonyl (C=O) groups excluding carboxylic acids is 1. The summed E-state index contributed by atoms with van der Waals surface area (Å²) in [6.45, 7) is 2.25. The van der Waals surface area contributed by atoms with Crippen LogP contribution in [-0.2, 0) is 0 Å². The second kappa shape index (κ2) is 37.8. The van der Waals surface area contributed by atoms with Gasteiger partial charge < -0.3 is 20.4 Å². The van der Waals surface area contributed by atoms with E-state index in [1.807, 2.05) is 267 Å². The van der Waals surface area contributed by atoms with Crippen LogP contribution in [0.2, 0.25) is 20.4 Å². The van der Waals surface area contributed by atoms with Gasteiger partial charge >= 0.3 is 0 Å². The van der Waals surface area contributed by atoms with E-state index < -0.39 is 0 Å². The SMILES string of the molecule is C.Cl.Nc1nc(N2CC[C@H]2c2nn3ccc(Cl)c3c(=O)n2-c2ccccc2)c2cccn2n1.O=C(c1ccccc1)c1ccccc1.O=c1c2c(Cl)ccn2nc([C@@H]2CCN2c2nc(Cl)nn3cccc23)n1-c1ccccc1.O=c1c2c(Cl)ccn2nc([C@@H]2CCN2c2nc(N=C(c3ccccc3)c3ccccc3)nn3cccc23)n1-c1ccccc1.S.S.S. The van der Waals surface area contributed by atoms with Gasteiger partial charge in [-0.15, -0.1) is 27.7 Å². The van der Waals surface area contributed by atoms with Gasteiger partial charge in [0.05, 0.1) is 56.0 Å². The highest BCUT2D eigenvalue weighted by molar-refractivity contribution is 7.59. The molecular formula is C90H78Cl5N23O4S3. The smallest absolute Gasteiger partial charge is 0.284 e. The number of nitrogens with zero attached hydrogens (tertiary/aromatic N) is 22. The number of anilines is 4. The monoisotopic (exact) mass is 1820 g/mol. The van der Waals surface area contributed by atoms with Gasteiger partial charge in [0.1, 0.15) is 33.1 Å². The molecule has 630 valence electrons. The number of rotatable bonds is 14. The maximum absolute atomic E-state index is 13.9. The summed E-state index contributed by atoms with van der Waals surface area (Å²) in [5, 5.41) is 29.0. The molecule has 0 radical (unpaired) electrons. The summed E-state index contributed by atoms with van der Waals surface area (Å²) in [6, 6.07) is 83.3. The Morgan fingerprint density at radius 3 is 0.984 bits per heavy atom. The molecule has 3 atom stereocenters. The topological polar surface area (TPSA) is 274 Å². The highest BCUT2D eigenvalue weighted by Crippen LogP contribution is 2.43. The first-order valence-corrected chi connectivity index (χ1v) is 39.9. The van der Waals surface area contributed by atoms with Gasteiger partial charge in [-0.05, 0) is 122 Å². The van der Waals surface area contributed by atoms with Gasteiger partial charge in [0.15, 0.2) is 40.7 Å². The zero-order valence-electron chi connectivity index (χ0n) is 65.3. The van der Waals surface area contributed by atoms with Gasteiger partial charge in [0.2, 0.25) is 11.2 Å². The average molecular weight is 1820 g/mol. The second-order valence-corrected chi connectivity index (χ2v) is 29.9. The fourth-order valence-corrected chi connectivity index (χ4v) is 16.2. The van der Waals surface area contributed by atoms with Crippen molar-refractivity contribution in [3.8, 4) is 17.1 Å². The molecule has 3 fully saturated rings. The molecule has 3 aliphatic heterocycles. The van der Waals surface area contributed by atoms with Gasteiger partial charge in [0.25, 0.3) is 22.6 Å². The first-order valence-electron chi connectivity index (χ1n) is 38.4. The third-order valence-corrected chi connectivity index (χ3v) is 22.3. The van der Waals surface area contributed by atoms with Crippen molar-refractivity contribution in [1.29, 1.82) is 0 Å². The summed E-state index contributed by atoms with van der Waals surface area (Å²) in [5.74, 6) is 4.57. The maximum Gasteiger partial charge on any atom is 0.284 e. The zero-order valence-corrected chi connectivity index (χ0v) is 72.2. The van der Waals surface area contributed by atoms with E-state index in [0.29, 0.717) is 66.7 Å². The van der Waals surface area contributed by atoms with Crippen molar-refractivity contribution >= 4 is 173 Å². The van der Waals surface area contributed by atoms with Crippen molar-refractivity contribution in [2.45, 2.75) is 44.8 Å². The van der Waals surface area contributed by atoms with Crippen molar-refractivity contribution in [2.75, 3.05) is 40.1 Å². The molecule has 0 spiro atoms. The molecule has 3 saturated heterocycles. The Kier molecular flexibility index (Phi) is 26.6.